The van der Waals surface area contributed by atoms with Gasteiger partial charge in [-0.25, -0.2) is 0 Å². The van der Waals surface area contributed by atoms with Gasteiger partial charge >= 0.3 is 5.97 Å². The molecule has 0 radical (unpaired) electrons. The lowest BCUT2D eigenvalue weighted by Gasteiger charge is -2.38. The molecule has 0 unspecified atom stereocenters. The number of carbonyl (C=O) groups excluding carboxylic acids is 2. The molecule has 1 N–H and O–H groups in total. The SMILES string of the molecule is Cc1cc(O)cc(=O)n1CCC(=O)OCC(=O)N1[C@@H](C)CCC[C@@H]1C. The van der Waals surface area contributed by atoms with Crippen LogP contribution >= 0.6 is 0 Å². The fourth-order valence-electron chi connectivity index (χ4n) is 3.40. The molecule has 0 saturated carbocycles. The third-order valence-corrected chi connectivity index (χ3v) is 4.70. The number of esters is 1. The predicted molar refractivity (Wildman–Crippen MR) is 92.3 cm³/mol. The Morgan fingerprint density at radius 1 is 1.24 bits per heavy atom. The molecule has 1 aliphatic rings. The fraction of sp³-hybridized carbons (Fsp3) is 0.611. The smallest absolute Gasteiger partial charge is 0.308 e. The van der Waals surface area contributed by atoms with Crippen LogP contribution in [-0.4, -0.2) is 45.1 Å². The van der Waals surface area contributed by atoms with E-state index in [9.17, 15) is 19.5 Å². The number of piperidine rings is 1. The summed E-state index contributed by atoms with van der Waals surface area (Å²) in [7, 11) is 0. The van der Waals surface area contributed by atoms with Crippen molar-refractivity contribution in [3.63, 3.8) is 0 Å². The molecular weight excluding hydrogens is 324 g/mol. The van der Waals surface area contributed by atoms with Crippen molar-refractivity contribution in [2.45, 2.75) is 65.1 Å². The highest BCUT2D eigenvalue weighted by molar-refractivity contribution is 5.81. The van der Waals surface area contributed by atoms with E-state index in [0.717, 1.165) is 25.3 Å². The number of rotatable bonds is 5. The highest BCUT2D eigenvalue weighted by Gasteiger charge is 2.29. The summed E-state index contributed by atoms with van der Waals surface area (Å²) in [6.07, 6.45) is 3.02. The average molecular weight is 350 g/mol. The van der Waals surface area contributed by atoms with Gasteiger partial charge in [0.25, 0.3) is 11.5 Å². The van der Waals surface area contributed by atoms with Gasteiger partial charge in [-0.15, -0.1) is 0 Å². The summed E-state index contributed by atoms with van der Waals surface area (Å²) in [5.41, 5.74) is 0.183. The highest BCUT2D eigenvalue weighted by atomic mass is 16.5. The molecule has 0 aromatic carbocycles. The zero-order chi connectivity index (χ0) is 18.6. The molecule has 2 rings (SSSR count). The zero-order valence-electron chi connectivity index (χ0n) is 15.0. The standard InChI is InChI=1S/C18H26N2O5/c1-12-5-4-6-13(2)20(12)17(23)11-25-18(24)7-8-19-14(3)9-15(21)10-16(19)22/h9-10,12-13,21H,4-8,11H2,1-3H3/t12-,13-/m0/s1. The second-order valence-corrected chi connectivity index (χ2v) is 6.69. The van der Waals surface area contributed by atoms with Crippen LogP contribution in [0.4, 0.5) is 0 Å². The normalized spacial score (nSPS) is 20.4. The number of carbonyl (C=O) groups is 2. The topological polar surface area (TPSA) is 88.8 Å². The first-order valence-electron chi connectivity index (χ1n) is 8.67. The molecule has 1 aliphatic heterocycles. The van der Waals surface area contributed by atoms with Crippen molar-refractivity contribution in [3.05, 3.63) is 28.2 Å². The molecular formula is C18H26N2O5. The van der Waals surface area contributed by atoms with E-state index in [1.807, 2.05) is 13.8 Å². The quantitative estimate of drug-likeness (QED) is 0.815. The summed E-state index contributed by atoms with van der Waals surface area (Å²) < 4.78 is 6.47. The lowest BCUT2D eigenvalue weighted by molar-refractivity contribution is -0.155. The number of hydrogen-bond acceptors (Lipinski definition) is 5. The molecule has 0 spiro atoms. The number of hydrogen-bond donors (Lipinski definition) is 1. The van der Waals surface area contributed by atoms with Gasteiger partial charge in [0.1, 0.15) is 5.75 Å². The number of ether oxygens (including phenoxy) is 1. The third kappa shape index (κ3) is 4.84. The molecule has 1 saturated heterocycles. The maximum Gasteiger partial charge on any atom is 0.308 e. The van der Waals surface area contributed by atoms with Crippen molar-refractivity contribution in [1.29, 1.82) is 0 Å². The summed E-state index contributed by atoms with van der Waals surface area (Å²) in [5, 5.41) is 9.36. The van der Waals surface area contributed by atoms with Crippen LogP contribution in [0.5, 0.6) is 5.75 Å². The van der Waals surface area contributed by atoms with E-state index < -0.39 is 5.97 Å². The van der Waals surface area contributed by atoms with Gasteiger partial charge in [-0.3, -0.25) is 14.4 Å². The maximum atomic E-state index is 12.3. The largest absolute Gasteiger partial charge is 0.508 e. The number of amides is 1. The van der Waals surface area contributed by atoms with Gasteiger partial charge < -0.3 is 19.3 Å². The van der Waals surface area contributed by atoms with Gasteiger partial charge in [0.05, 0.1) is 6.42 Å². The Hall–Kier alpha value is -2.31. The van der Waals surface area contributed by atoms with Gasteiger partial charge in [0.2, 0.25) is 0 Å². The van der Waals surface area contributed by atoms with E-state index in [1.54, 1.807) is 11.8 Å². The Morgan fingerprint density at radius 2 is 1.88 bits per heavy atom. The number of nitrogens with zero attached hydrogens (tertiary/aromatic N) is 2. The van der Waals surface area contributed by atoms with Gasteiger partial charge in [0.15, 0.2) is 6.61 Å². The molecule has 1 aromatic rings. The first-order valence-corrected chi connectivity index (χ1v) is 8.67. The van der Waals surface area contributed by atoms with Crippen LogP contribution in [0.15, 0.2) is 16.9 Å². The van der Waals surface area contributed by atoms with Crippen LogP contribution in [0.3, 0.4) is 0 Å². The summed E-state index contributed by atoms with van der Waals surface area (Å²) in [4.78, 5) is 37.8. The number of aryl methyl sites for hydroxylation is 1. The van der Waals surface area contributed by atoms with Crippen LogP contribution in [0.1, 0.15) is 45.2 Å². The van der Waals surface area contributed by atoms with Gasteiger partial charge in [0, 0.05) is 30.4 Å². The maximum absolute atomic E-state index is 12.3. The van der Waals surface area contributed by atoms with E-state index >= 15 is 0 Å². The Bertz CT molecular complexity index is 687. The molecule has 1 amide bonds. The summed E-state index contributed by atoms with van der Waals surface area (Å²) in [5.74, 6) is -0.798. The number of likely N-dealkylation sites (tertiary alicyclic amines) is 1. The molecule has 0 aliphatic carbocycles. The minimum Gasteiger partial charge on any atom is -0.508 e. The van der Waals surface area contributed by atoms with Crippen molar-refractivity contribution in [2.24, 2.45) is 0 Å². The lowest BCUT2D eigenvalue weighted by Crippen LogP contribution is -2.49. The Morgan fingerprint density at radius 3 is 2.48 bits per heavy atom. The Balaban J connectivity index is 1.85. The molecule has 138 valence electrons. The van der Waals surface area contributed by atoms with Gasteiger partial charge in [-0.2, -0.15) is 0 Å². The summed E-state index contributed by atoms with van der Waals surface area (Å²) in [6, 6.07) is 2.87. The van der Waals surface area contributed by atoms with E-state index in [0.29, 0.717) is 5.69 Å². The van der Waals surface area contributed by atoms with Crippen LogP contribution in [0, 0.1) is 6.92 Å². The minimum absolute atomic E-state index is 0.0100. The van der Waals surface area contributed by atoms with E-state index in [4.69, 9.17) is 4.74 Å². The molecule has 0 bridgehead atoms. The predicted octanol–water partition coefficient (Wildman–Crippen LogP) is 1.59. The number of pyridine rings is 1. The molecule has 7 nitrogen and oxygen atoms in total. The van der Waals surface area contributed by atoms with Crippen LogP contribution in [-0.2, 0) is 20.9 Å². The second-order valence-electron chi connectivity index (χ2n) is 6.69. The second kappa shape index (κ2) is 8.18. The van der Waals surface area contributed by atoms with Crippen molar-refractivity contribution in [3.8, 4) is 5.75 Å². The molecule has 25 heavy (non-hydrogen) atoms. The van der Waals surface area contributed by atoms with E-state index in [1.165, 1.54) is 10.6 Å². The number of aromatic hydroxyl groups is 1. The monoisotopic (exact) mass is 350 g/mol. The zero-order valence-corrected chi connectivity index (χ0v) is 15.0. The van der Waals surface area contributed by atoms with E-state index in [2.05, 4.69) is 0 Å². The van der Waals surface area contributed by atoms with Gasteiger partial charge in [-0.05, 0) is 46.1 Å². The van der Waals surface area contributed by atoms with E-state index in [-0.39, 0.29) is 48.9 Å². The Kier molecular flexibility index (Phi) is 6.22. The molecule has 2 heterocycles. The molecule has 1 aromatic heterocycles. The average Bonchev–Trinajstić information content (AvgIpc) is 2.51. The first-order chi connectivity index (χ1) is 11.8. The van der Waals surface area contributed by atoms with Crippen molar-refractivity contribution in [2.75, 3.05) is 6.61 Å². The highest BCUT2D eigenvalue weighted by Crippen LogP contribution is 2.22. The van der Waals surface area contributed by atoms with Gasteiger partial charge in [-0.1, -0.05) is 0 Å². The minimum atomic E-state index is -0.523. The molecule has 2 atom stereocenters. The first kappa shape index (κ1) is 19.0. The van der Waals surface area contributed by atoms with Crippen LogP contribution < -0.4 is 5.56 Å². The van der Waals surface area contributed by atoms with Crippen molar-refractivity contribution < 1.29 is 19.4 Å². The molecule has 7 heteroatoms. The summed E-state index contributed by atoms with van der Waals surface area (Å²) in [6.45, 7) is 5.57. The van der Waals surface area contributed by atoms with Crippen molar-refractivity contribution >= 4 is 11.9 Å². The third-order valence-electron chi connectivity index (χ3n) is 4.70. The summed E-state index contributed by atoms with van der Waals surface area (Å²) >= 11 is 0. The van der Waals surface area contributed by atoms with Crippen LogP contribution in [0.2, 0.25) is 0 Å². The number of aromatic nitrogens is 1. The Labute approximate surface area is 147 Å². The molecule has 1 fully saturated rings. The fourth-order valence-corrected chi connectivity index (χ4v) is 3.40. The van der Waals surface area contributed by atoms with Crippen LogP contribution in [0.25, 0.3) is 0 Å². The van der Waals surface area contributed by atoms with Crippen molar-refractivity contribution in [1.82, 2.24) is 9.47 Å². The lowest BCUT2D eigenvalue weighted by atomic mass is 9.97.